The van der Waals surface area contributed by atoms with Crippen molar-refractivity contribution in [3.05, 3.63) is 23.9 Å². The number of carbonyl (C=O) groups excluding carboxylic acids is 1. The number of nitrogens with one attached hydrogen (secondary N) is 1. The van der Waals surface area contributed by atoms with Crippen LogP contribution in [0.4, 0.5) is 5.82 Å². The van der Waals surface area contributed by atoms with E-state index in [0.717, 1.165) is 0 Å². The van der Waals surface area contributed by atoms with Gasteiger partial charge in [0.05, 0.1) is 18.2 Å². The van der Waals surface area contributed by atoms with E-state index in [1.807, 2.05) is 19.9 Å². The molecule has 5 heteroatoms. The van der Waals surface area contributed by atoms with Crippen molar-refractivity contribution in [2.45, 2.75) is 19.9 Å². The molecular formula is C12H16N4O. The first-order chi connectivity index (χ1) is 8.02. The summed E-state index contributed by atoms with van der Waals surface area (Å²) in [6.45, 7) is 4.04. The zero-order valence-electron chi connectivity index (χ0n) is 10.3. The average molecular weight is 232 g/mol. The van der Waals surface area contributed by atoms with E-state index in [1.165, 1.54) is 0 Å². The Balaban J connectivity index is 2.66. The van der Waals surface area contributed by atoms with Crippen LogP contribution in [0, 0.1) is 11.3 Å². The van der Waals surface area contributed by atoms with Crippen LogP contribution in [0.3, 0.4) is 0 Å². The predicted molar refractivity (Wildman–Crippen MR) is 65.5 cm³/mol. The van der Waals surface area contributed by atoms with Crippen molar-refractivity contribution in [3.8, 4) is 6.07 Å². The lowest BCUT2D eigenvalue weighted by Gasteiger charge is -2.18. The fourth-order valence-corrected chi connectivity index (χ4v) is 1.36. The van der Waals surface area contributed by atoms with Crippen LogP contribution in [-0.2, 0) is 4.79 Å². The van der Waals surface area contributed by atoms with Crippen LogP contribution >= 0.6 is 0 Å². The smallest absolute Gasteiger partial charge is 0.239 e. The third kappa shape index (κ3) is 4.11. The van der Waals surface area contributed by atoms with Crippen LogP contribution in [0.2, 0.25) is 0 Å². The van der Waals surface area contributed by atoms with Gasteiger partial charge in [0.1, 0.15) is 5.82 Å². The highest BCUT2D eigenvalue weighted by molar-refractivity contribution is 5.81. The van der Waals surface area contributed by atoms with E-state index in [0.29, 0.717) is 11.4 Å². The second kappa shape index (κ2) is 5.85. The van der Waals surface area contributed by atoms with Crippen LogP contribution in [0.5, 0.6) is 0 Å². The normalized spacial score (nSPS) is 9.82. The molecule has 17 heavy (non-hydrogen) atoms. The SMILES string of the molecule is CC(C)NC(=O)CN(C)c1cc(C#N)ccn1. The standard InChI is InChI=1S/C12H16N4O/c1-9(2)15-12(17)8-16(3)11-6-10(7-13)4-5-14-11/h4-6,9H,8H2,1-3H3,(H,15,17). The Kier molecular flexibility index (Phi) is 4.46. The van der Waals surface area contributed by atoms with Gasteiger partial charge < -0.3 is 10.2 Å². The minimum atomic E-state index is -0.0633. The Hall–Kier alpha value is -2.09. The van der Waals surface area contributed by atoms with Gasteiger partial charge in [0, 0.05) is 19.3 Å². The Labute approximate surface area is 101 Å². The number of anilines is 1. The van der Waals surface area contributed by atoms with Gasteiger partial charge in [0.15, 0.2) is 0 Å². The third-order valence-corrected chi connectivity index (χ3v) is 2.10. The Morgan fingerprint density at radius 1 is 1.65 bits per heavy atom. The molecule has 0 aromatic carbocycles. The number of nitrogens with zero attached hydrogens (tertiary/aromatic N) is 3. The first-order valence-corrected chi connectivity index (χ1v) is 5.39. The van der Waals surface area contributed by atoms with Crippen molar-refractivity contribution >= 4 is 11.7 Å². The molecular weight excluding hydrogens is 216 g/mol. The number of hydrogen-bond acceptors (Lipinski definition) is 4. The quantitative estimate of drug-likeness (QED) is 0.838. The van der Waals surface area contributed by atoms with Gasteiger partial charge in [0.2, 0.25) is 5.91 Å². The van der Waals surface area contributed by atoms with Gasteiger partial charge >= 0.3 is 0 Å². The van der Waals surface area contributed by atoms with Gasteiger partial charge in [-0.15, -0.1) is 0 Å². The number of likely N-dealkylation sites (N-methyl/N-ethyl adjacent to an activating group) is 1. The summed E-state index contributed by atoms with van der Waals surface area (Å²) >= 11 is 0. The number of hydrogen-bond donors (Lipinski definition) is 1. The molecule has 90 valence electrons. The van der Waals surface area contributed by atoms with E-state index in [4.69, 9.17) is 5.26 Å². The Morgan fingerprint density at radius 3 is 2.94 bits per heavy atom. The third-order valence-electron chi connectivity index (χ3n) is 2.10. The fraction of sp³-hybridized carbons (Fsp3) is 0.417. The molecule has 0 saturated heterocycles. The van der Waals surface area contributed by atoms with E-state index in [-0.39, 0.29) is 18.5 Å². The molecule has 1 aromatic heterocycles. The number of nitriles is 1. The summed E-state index contributed by atoms with van der Waals surface area (Å²) in [6.07, 6.45) is 1.56. The van der Waals surface area contributed by atoms with Crippen LogP contribution in [0.15, 0.2) is 18.3 Å². The van der Waals surface area contributed by atoms with E-state index in [9.17, 15) is 4.79 Å². The average Bonchev–Trinajstić information content (AvgIpc) is 2.27. The van der Waals surface area contributed by atoms with E-state index in [1.54, 1.807) is 30.3 Å². The van der Waals surface area contributed by atoms with Gasteiger partial charge in [-0.3, -0.25) is 4.79 Å². The van der Waals surface area contributed by atoms with Gasteiger partial charge in [0.25, 0.3) is 0 Å². The zero-order chi connectivity index (χ0) is 12.8. The van der Waals surface area contributed by atoms with Crippen molar-refractivity contribution in [1.29, 1.82) is 5.26 Å². The van der Waals surface area contributed by atoms with Crippen LogP contribution in [0.25, 0.3) is 0 Å². The number of carbonyl (C=O) groups is 1. The van der Waals surface area contributed by atoms with Crippen molar-refractivity contribution in [2.75, 3.05) is 18.5 Å². The molecule has 5 nitrogen and oxygen atoms in total. The lowest BCUT2D eigenvalue weighted by molar-refractivity contribution is -0.120. The highest BCUT2D eigenvalue weighted by Crippen LogP contribution is 2.09. The summed E-state index contributed by atoms with van der Waals surface area (Å²) in [5, 5.41) is 11.6. The Bertz CT molecular complexity index is 436. The lowest BCUT2D eigenvalue weighted by atomic mass is 10.3. The first kappa shape index (κ1) is 13.0. The molecule has 0 fully saturated rings. The molecule has 0 aliphatic heterocycles. The number of aromatic nitrogens is 1. The summed E-state index contributed by atoms with van der Waals surface area (Å²) in [5.74, 6) is 0.551. The summed E-state index contributed by atoms with van der Waals surface area (Å²) in [7, 11) is 1.77. The molecule has 1 heterocycles. The molecule has 0 atom stereocenters. The highest BCUT2D eigenvalue weighted by atomic mass is 16.2. The molecule has 1 N–H and O–H groups in total. The van der Waals surface area contributed by atoms with Crippen molar-refractivity contribution in [2.24, 2.45) is 0 Å². The maximum absolute atomic E-state index is 11.5. The second-order valence-electron chi connectivity index (χ2n) is 4.09. The molecule has 0 bridgehead atoms. The van der Waals surface area contributed by atoms with Gasteiger partial charge in [-0.2, -0.15) is 5.26 Å². The number of rotatable bonds is 4. The van der Waals surface area contributed by atoms with Gasteiger partial charge in [-0.05, 0) is 26.0 Å². The summed E-state index contributed by atoms with van der Waals surface area (Å²) in [6, 6.07) is 5.45. The van der Waals surface area contributed by atoms with Gasteiger partial charge in [-0.25, -0.2) is 4.98 Å². The fourth-order valence-electron chi connectivity index (χ4n) is 1.36. The van der Waals surface area contributed by atoms with Crippen LogP contribution < -0.4 is 10.2 Å². The van der Waals surface area contributed by atoms with Crippen molar-refractivity contribution < 1.29 is 4.79 Å². The molecule has 0 saturated carbocycles. The minimum Gasteiger partial charge on any atom is -0.352 e. The second-order valence-corrected chi connectivity index (χ2v) is 4.09. The van der Waals surface area contributed by atoms with Crippen LogP contribution in [-0.4, -0.2) is 30.5 Å². The molecule has 0 aliphatic rings. The largest absolute Gasteiger partial charge is 0.352 e. The Morgan fingerprint density at radius 2 is 2.35 bits per heavy atom. The topological polar surface area (TPSA) is 69.0 Å². The number of pyridine rings is 1. The van der Waals surface area contributed by atoms with E-state index in [2.05, 4.69) is 10.3 Å². The van der Waals surface area contributed by atoms with Gasteiger partial charge in [-0.1, -0.05) is 0 Å². The molecule has 0 spiro atoms. The van der Waals surface area contributed by atoms with E-state index >= 15 is 0 Å². The highest BCUT2D eigenvalue weighted by Gasteiger charge is 2.09. The predicted octanol–water partition coefficient (Wildman–Crippen LogP) is 0.914. The first-order valence-electron chi connectivity index (χ1n) is 5.39. The molecule has 0 unspecified atom stereocenters. The molecule has 1 aromatic rings. The molecule has 1 rings (SSSR count). The monoisotopic (exact) mass is 232 g/mol. The number of amides is 1. The summed E-state index contributed by atoms with van der Waals surface area (Å²) in [5.41, 5.74) is 0.533. The molecule has 0 radical (unpaired) electrons. The summed E-state index contributed by atoms with van der Waals surface area (Å²) < 4.78 is 0. The lowest BCUT2D eigenvalue weighted by Crippen LogP contribution is -2.38. The van der Waals surface area contributed by atoms with Crippen molar-refractivity contribution in [1.82, 2.24) is 10.3 Å². The molecule has 1 amide bonds. The molecule has 0 aliphatic carbocycles. The van der Waals surface area contributed by atoms with E-state index < -0.39 is 0 Å². The zero-order valence-corrected chi connectivity index (χ0v) is 10.3. The van der Waals surface area contributed by atoms with Crippen LogP contribution in [0.1, 0.15) is 19.4 Å². The summed E-state index contributed by atoms with van der Waals surface area (Å²) in [4.78, 5) is 17.4. The maximum atomic E-state index is 11.5. The minimum absolute atomic E-state index is 0.0633. The van der Waals surface area contributed by atoms with Crippen molar-refractivity contribution in [3.63, 3.8) is 0 Å². The maximum Gasteiger partial charge on any atom is 0.239 e.